The lowest BCUT2D eigenvalue weighted by Gasteiger charge is -2.08. The zero-order chi connectivity index (χ0) is 11.4. The first-order valence-corrected chi connectivity index (χ1v) is 7.00. The second kappa shape index (κ2) is 4.72. The minimum atomic E-state index is -0.778. The van der Waals surface area contributed by atoms with Crippen molar-refractivity contribution in [2.24, 2.45) is 10.8 Å². The molecule has 0 nitrogen and oxygen atoms in total. The molecule has 0 N–H and O–H groups in total. The van der Waals surface area contributed by atoms with Gasteiger partial charge in [-0.3, -0.25) is 0 Å². The number of hydrogen-bond acceptors (Lipinski definition) is 0. The van der Waals surface area contributed by atoms with Gasteiger partial charge >= 0.3 is 0 Å². The maximum atomic E-state index is 3.27. The fourth-order valence-corrected chi connectivity index (χ4v) is 1.78. The molecular formula is C13H21Si. The van der Waals surface area contributed by atoms with E-state index < -0.39 is 8.80 Å². The van der Waals surface area contributed by atoms with Crippen molar-refractivity contribution in [2.45, 2.75) is 48.1 Å². The Morgan fingerprint density at radius 2 is 1.00 bits per heavy atom. The van der Waals surface area contributed by atoms with Gasteiger partial charge in [0.15, 0.2) is 0 Å². The minimum Gasteiger partial charge on any atom is -0.116 e. The summed E-state index contributed by atoms with van der Waals surface area (Å²) in [5, 5.41) is 0. The Kier molecular flexibility index (Phi) is 4.49. The van der Waals surface area contributed by atoms with Gasteiger partial charge in [0.05, 0.1) is 0 Å². The largest absolute Gasteiger partial charge is 0.230 e. The summed E-state index contributed by atoms with van der Waals surface area (Å²) in [5.41, 5.74) is 6.76. The smallest absolute Gasteiger partial charge is 0.116 e. The standard InChI is InChI=1S/C13H21Si/c1-12(2,3)8-10-14(7)11-9-13(4,5)6/h1-7H3. The lowest BCUT2D eigenvalue weighted by Crippen LogP contribution is -2.07. The van der Waals surface area contributed by atoms with Gasteiger partial charge in [-0.15, -0.1) is 22.9 Å². The Bertz CT molecular complexity index is 259. The van der Waals surface area contributed by atoms with Gasteiger partial charge in [0, 0.05) is 10.8 Å². The van der Waals surface area contributed by atoms with E-state index >= 15 is 0 Å². The van der Waals surface area contributed by atoms with Crippen molar-refractivity contribution in [1.29, 1.82) is 0 Å². The predicted octanol–water partition coefficient (Wildman–Crippen LogP) is 3.29. The van der Waals surface area contributed by atoms with Gasteiger partial charge < -0.3 is 0 Å². The summed E-state index contributed by atoms with van der Waals surface area (Å²) in [6.45, 7) is 14.9. The van der Waals surface area contributed by atoms with E-state index in [0.717, 1.165) is 0 Å². The molecule has 0 bridgehead atoms. The van der Waals surface area contributed by atoms with Crippen molar-refractivity contribution in [3.8, 4) is 22.9 Å². The Morgan fingerprint density at radius 1 is 0.714 bits per heavy atom. The van der Waals surface area contributed by atoms with Crippen molar-refractivity contribution < 1.29 is 0 Å². The first-order valence-electron chi connectivity index (χ1n) is 5.00. The molecule has 0 saturated carbocycles. The zero-order valence-electron chi connectivity index (χ0n) is 10.5. The molecule has 0 aromatic rings. The molecule has 14 heavy (non-hydrogen) atoms. The molecule has 77 valence electrons. The van der Waals surface area contributed by atoms with Crippen LogP contribution in [0.1, 0.15) is 41.5 Å². The summed E-state index contributed by atoms with van der Waals surface area (Å²) < 4.78 is 0. The highest BCUT2D eigenvalue weighted by molar-refractivity contribution is 6.74. The lowest BCUT2D eigenvalue weighted by molar-refractivity contribution is 0.571. The molecule has 0 aliphatic carbocycles. The third kappa shape index (κ3) is 9.43. The highest BCUT2D eigenvalue weighted by Gasteiger charge is 2.06. The zero-order valence-corrected chi connectivity index (χ0v) is 11.5. The fourth-order valence-electron chi connectivity index (χ4n) is 0.594. The molecule has 0 aliphatic heterocycles. The maximum Gasteiger partial charge on any atom is 0.230 e. The van der Waals surface area contributed by atoms with Gasteiger partial charge in [0.25, 0.3) is 0 Å². The molecule has 0 atom stereocenters. The van der Waals surface area contributed by atoms with E-state index in [4.69, 9.17) is 0 Å². The number of rotatable bonds is 0. The number of hydrogen-bond donors (Lipinski definition) is 0. The van der Waals surface area contributed by atoms with Gasteiger partial charge in [-0.1, -0.05) is 0 Å². The van der Waals surface area contributed by atoms with Crippen LogP contribution in [-0.4, -0.2) is 8.80 Å². The summed E-state index contributed by atoms with van der Waals surface area (Å²) in [4.78, 5) is 0. The molecule has 0 unspecified atom stereocenters. The molecule has 1 radical (unpaired) electrons. The summed E-state index contributed by atoms with van der Waals surface area (Å²) >= 11 is 0. The third-order valence-electron chi connectivity index (χ3n) is 1.25. The lowest BCUT2D eigenvalue weighted by atomic mass is 9.99. The van der Waals surface area contributed by atoms with E-state index in [-0.39, 0.29) is 10.8 Å². The molecule has 0 rings (SSSR count). The normalized spacial score (nSPS) is 11.4. The maximum absolute atomic E-state index is 3.27. The van der Waals surface area contributed by atoms with E-state index in [1.165, 1.54) is 0 Å². The molecular weight excluding hydrogens is 184 g/mol. The summed E-state index contributed by atoms with van der Waals surface area (Å²) in [7, 11) is -0.778. The van der Waals surface area contributed by atoms with Crippen LogP contribution in [0.3, 0.4) is 0 Å². The van der Waals surface area contributed by atoms with Crippen molar-refractivity contribution in [1.82, 2.24) is 0 Å². The molecule has 0 aromatic carbocycles. The molecule has 0 aromatic heterocycles. The Morgan fingerprint density at radius 3 is 1.21 bits per heavy atom. The van der Waals surface area contributed by atoms with E-state index in [1.54, 1.807) is 0 Å². The van der Waals surface area contributed by atoms with Crippen LogP contribution in [0.15, 0.2) is 0 Å². The quantitative estimate of drug-likeness (QED) is 0.420. The van der Waals surface area contributed by atoms with Crippen LogP contribution in [-0.2, 0) is 0 Å². The summed E-state index contributed by atoms with van der Waals surface area (Å²) in [5.74, 6) is 6.50. The Hall–Kier alpha value is -0.663. The minimum absolute atomic E-state index is 0.106. The first kappa shape index (κ1) is 13.3. The van der Waals surface area contributed by atoms with Crippen LogP contribution in [0, 0.1) is 33.8 Å². The van der Waals surface area contributed by atoms with Gasteiger partial charge in [-0.25, -0.2) is 0 Å². The third-order valence-corrected chi connectivity index (χ3v) is 2.25. The van der Waals surface area contributed by atoms with Gasteiger partial charge in [0.2, 0.25) is 8.80 Å². The predicted molar refractivity (Wildman–Crippen MR) is 66.1 cm³/mol. The molecule has 0 spiro atoms. The average molecular weight is 205 g/mol. The van der Waals surface area contributed by atoms with Crippen LogP contribution in [0.25, 0.3) is 0 Å². The summed E-state index contributed by atoms with van der Waals surface area (Å²) in [6, 6.07) is 0. The van der Waals surface area contributed by atoms with Gasteiger partial charge in [-0.05, 0) is 48.1 Å². The van der Waals surface area contributed by atoms with Crippen molar-refractivity contribution in [2.75, 3.05) is 0 Å². The van der Waals surface area contributed by atoms with Crippen LogP contribution < -0.4 is 0 Å². The van der Waals surface area contributed by atoms with E-state index in [0.29, 0.717) is 0 Å². The Labute approximate surface area is 91.1 Å². The van der Waals surface area contributed by atoms with Crippen LogP contribution in [0.2, 0.25) is 6.55 Å². The molecule has 0 amide bonds. The second-order valence-corrected chi connectivity index (χ2v) is 7.38. The monoisotopic (exact) mass is 205 g/mol. The van der Waals surface area contributed by atoms with Crippen molar-refractivity contribution >= 4 is 8.80 Å². The van der Waals surface area contributed by atoms with E-state index in [9.17, 15) is 0 Å². The molecule has 0 fully saturated rings. The molecule has 0 heterocycles. The van der Waals surface area contributed by atoms with Gasteiger partial charge in [0.1, 0.15) is 0 Å². The summed E-state index contributed by atoms with van der Waals surface area (Å²) in [6.07, 6.45) is 0. The Balaban J connectivity index is 4.42. The molecule has 0 aliphatic rings. The van der Waals surface area contributed by atoms with E-state index in [2.05, 4.69) is 71.0 Å². The SMILES string of the molecule is C[Si](C#CC(C)(C)C)C#CC(C)(C)C. The van der Waals surface area contributed by atoms with Crippen LogP contribution >= 0.6 is 0 Å². The highest BCUT2D eigenvalue weighted by Crippen LogP contribution is 2.11. The molecule has 1 heteroatoms. The van der Waals surface area contributed by atoms with Crippen molar-refractivity contribution in [3.05, 3.63) is 0 Å². The molecule has 0 saturated heterocycles. The average Bonchev–Trinajstić information content (AvgIpc) is 1.94. The topological polar surface area (TPSA) is 0 Å². The van der Waals surface area contributed by atoms with Crippen molar-refractivity contribution in [3.63, 3.8) is 0 Å². The highest BCUT2D eigenvalue weighted by atomic mass is 28.3. The van der Waals surface area contributed by atoms with Crippen LogP contribution in [0.4, 0.5) is 0 Å². The van der Waals surface area contributed by atoms with Gasteiger partial charge in [-0.2, -0.15) is 0 Å². The van der Waals surface area contributed by atoms with Crippen LogP contribution in [0.5, 0.6) is 0 Å². The fraction of sp³-hybridized carbons (Fsp3) is 0.692. The second-order valence-electron chi connectivity index (χ2n) is 5.62. The first-order chi connectivity index (χ1) is 6.10. The van der Waals surface area contributed by atoms with E-state index in [1.807, 2.05) is 0 Å².